The molecular weight excluding hydrogens is 789 g/mol. The normalized spacial score (nSPS) is 8.43. The van der Waals surface area contributed by atoms with E-state index in [-0.39, 0.29) is 84.3 Å². The molecule has 0 aliphatic heterocycles. The summed E-state index contributed by atoms with van der Waals surface area (Å²) in [6.45, 7) is 1.08. The molecule has 0 aromatic heterocycles. The van der Waals surface area contributed by atoms with Crippen LogP contribution in [0.15, 0.2) is 46.4 Å². The van der Waals surface area contributed by atoms with E-state index in [1.807, 2.05) is 0 Å². The minimum absolute atomic E-state index is 0. The van der Waals surface area contributed by atoms with Gasteiger partial charge in [-0.25, -0.2) is 0 Å². The Labute approximate surface area is 279 Å². The zero-order valence-electron chi connectivity index (χ0n) is 21.8. The van der Waals surface area contributed by atoms with Crippen molar-refractivity contribution in [3.05, 3.63) is 93.5 Å². The van der Waals surface area contributed by atoms with E-state index in [9.17, 15) is 10.2 Å². The average Bonchev–Trinajstić information content (AvgIpc) is 2.79. The van der Waals surface area contributed by atoms with Crippen LogP contribution in [0, 0.1) is 82.8 Å². The Balaban J connectivity index is -0.000000124. The van der Waals surface area contributed by atoms with Crippen LogP contribution in [-0.4, -0.2) is 66.0 Å². The van der Waals surface area contributed by atoms with Gasteiger partial charge in [0.05, 0.1) is 29.5 Å². The van der Waals surface area contributed by atoms with Crippen LogP contribution in [0.4, 0.5) is 0 Å². The molecule has 2 aromatic carbocycles. The number of aliphatic imine (C=N–C) groups is 2. The molecule has 42 heavy (non-hydrogen) atoms. The van der Waals surface area contributed by atoms with E-state index < -0.39 is 15.3 Å². The van der Waals surface area contributed by atoms with Crippen molar-refractivity contribution in [1.29, 1.82) is 0 Å². The second-order valence-electron chi connectivity index (χ2n) is 5.85. The Morgan fingerprint density at radius 1 is 0.690 bits per heavy atom. The van der Waals surface area contributed by atoms with Gasteiger partial charge in [-0.3, -0.25) is 9.98 Å². The third-order valence-corrected chi connectivity index (χ3v) is 3.49. The van der Waals surface area contributed by atoms with Crippen LogP contribution in [0.5, 0.6) is 23.0 Å². The van der Waals surface area contributed by atoms with E-state index in [4.69, 9.17) is 55.4 Å². The van der Waals surface area contributed by atoms with Crippen molar-refractivity contribution in [3.8, 4) is 23.0 Å². The van der Waals surface area contributed by atoms with Crippen molar-refractivity contribution in [2.24, 2.45) is 9.98 Å². The van der Waals surface area contributed by atoms with E-state index in [0.717, 1.165) is 0 Å². The van der Waals surface area contributed by atoms with Crippen molar-refractivity contribution in [2.45, 2.75) is 6.42 Å². The van der Waals surface area contributed by atoms with Crippen LogP contribution in [0.1, 0.15) is 17.5 Å². The van der Waals surface area contributed by atoms with Gasteiger partial charge < -0.3 is 82.1 Å². The van der Waals surface area contributed by atoms with Crippen molar-refractivity contribution >= 4 is 12.4 Å². The molecule has 23 heteroatoms. The van der Waals surface area contributed by atoms with Crippen LogP contribution in [0.2, 0.25) is 0 Å². The summed E-state index contributed by atoms with van der Waals surface area (Å²) in [5, 5.41) is 68.1. The minimum atomic E-state index is -1.75. The first-order chi connectivity index (χ1) is 17.4. The Hall–Kier alpha value is -3.68. The zero-order chi connectivity index (χ0) is 28.8. The van der Waals surface area contributed by atoms with Crippen LogP contribution < -0.4 is 19.7 Å². The van der Waals surface area contributed by atoms with Crippen LogP contribution in [0.3, 0.4) is 0 Å². The summed E-state index contributed by atoms with van der Waals surface area (Å²) >= 11 is 0. The standard InChI is InChI=1S/C19H22N2O4.3NO3.3H2O.Tm.Zn/c1-24-16-8-3-6-14(18(16)22)12-20-10-5-11-21-13-15-7-4-9-17(25-2)19(15)23;3*2-1(3)4;;;;;/h3-4,6-9,12-13,22-23H,5,10-11H2,1-2H3;;;;3*1H2;;/q;3*-1;;;;+3;+2/p-1. The Morgan fingerprint density at radius 2 is 0.952 bits per heavy atom. The molecule has 7 N–H and O–H groups in total. The number of rotatable bonds is 8. The summed E-state index contributed by atoms with van der Waals surface area (Å²) in [4.78, 5) is 33.2. The topological polar surface area (TPSA) is 384 Å². The number of ether oxygens (including phenoxy) is 2. The van der Waals surface area contributed by atoms with Gasteiger partial charge in [0.2, 0.25) is 0 Å². The average molecular weight is 816 g/mol. The van der Waals surface area contributed by atoms with Crippen LogP contribution >= 0.6 is 0 Å². The van der Waals surface area contributed by atoms with Gasteiger partial charge in [-0.1, -0.05) is 35.8 Å². The van der Waals surface area contributed by atoms with Crippen LogP contribution in [0.25, 0.3) is 0 Å². The molecule has 0 aliphatic carbocycles. The molecule has 0 unspecified atom stereocenters. The van der Waals surface area contributed by atoms with E-state index in [0.29, 0.717) is 42.1 Å². The first kappa shape index (κ1) is 54.4. The van der Waals surface area contributed by atoms with Crippen molar-refractivity contribution in [1.82, 2.24) is 0 Å². The number of benzene rings is 2. The van der Waals surface area contributed by atoms with Gasteiger partial charge in [0.1, 0.15) is 11.5 Å². The fourth-order valence-corrected chi connectivity index (χ4v) is 2.17. The molecule has 0 atom stereocenters. The van der Waals surface area contributed by atoms with Gasteiger partial charge in [0.25, 0.3) is 0 Å². The second kappa shape index (κ2) is 33.5. The maximum atomic E-state index is 11.9. The van der Waals surface area contributed by atoms with Crippen molar-refractivity contribution < 1.29 is 108 Å². The quantitative estimate of drug-likeness (QED) is 0.0731. The first-order valence-corrected chi connectivity index (χ1v) is 9.49. The molecule has 0 aliphatic rings. The summed E-state index contributed by atoms with van der Waals surface area (Å²) in [6.07, 6.45) is 3.81. The van der Waals surface area contributed by atoms with Crippen LogP contribution in [-0.2, 0) is 25.0 Å². The first-order valence-electron chi connectivity index (χ1n) is 9.49. The zero-order valence-corrected chi connectivity index (χ0v) is 26.6. The van der Waals surface area contributed by atoms with Gasteiger partial charge in [-0.2, -0.15) is 0 Å². The van der Waals surface area contributed by atoms with Gasteiger partial charge in [-0.15, -0.1) is 0 Å². The van der Waals surface area contributed by atoms with Crippen molar-refractivity contribution in [2.75, 3.05) is 27.3 Å². The molecule has 0 radical (unpaired) electrons. The van der Waals surface area contributed by atoms with Crippen molar-refractivity contribution in [3.63, 3.8) is 0 Å². The second-order valence-corrected chi connectivity index (χ2v) is 5.85. The maximum Gasteiger partial charge on any atom is 3.00 e. The van der Waals surface area contributed by atoms with E-state index in [1.165, 1.54) is 14.2 Å². The van der Waals surface area contributed by atoms with Gasteiger partial charge in [-0.05, 0) is 29.7 Å². The number of hydrogen-bond acceptors (Lipinski definition) is 15. The molecule has 0 saturated carbocycles. The molecule has 0 fully saturated rings. The number of hydrogen-bond donors (Lipinski definition) is 0. The molecule has 238 valence electrons. The molecule has 0 saturated heterocycles. The Bertz CT molecular complexity index is 961. The summed E-state index contributed by atoms with van der Waals surface area (Å²) in [7, 11) is 2.93. The fourth-order valence-electron chi connectivity index (χ4n) is 2.17. The maximum absolute atomic E-state index is 11.9. The van der Waals surface area contributed by atoms with E-state index >= 15 is 0 Å². The molecule has 0 spiro atoms. The minimum Gasteiger partial charge on any atom is -0.870 e. The largest absolute Gasteiger partial charge is 3.00 e. The predicted molar refractivity (Wildman–Crippen MR) is 138 cm³/mol. The molecule has 2 aromatic rings. The third kappa shape index (κ3) is 30.9. The number of methoxy groups -OCH3 is 2. The predicted octanol–water partition coefficient (Wildman–Crippen LogP) is -1.51. The summed E-state index contributed by atoms with van der Waals surface area (Å²) < 4.78 is 9.97. The van der Waals surface area contributed by atoms with Gasteiger partial charge >= 0.3 is 56.4 Å². The SMILES string of the molecule is COc1cccc(C=NCCCN=Cc2cccc(OC)c2[O-])c1[O-].O.O.O=[N+]([O-])[O-].O=[N+]([O-])[O-].O=[N+]([O-])[O-].[OH3+].[Tm+3].[Zn+2]. The van der Waals surface area contributed by atoms with E-state index in [1.54, 1.807) is 48.8 Å². The molecule has 0 amide bonds. The van der Waals surface area contributed by atoms with Gasteiger partial charge in [0.15, 0.2) is 0 Å². The Kier molecular flexibility index (Phi) is 43.4. The number of nitrogens with zero attached hydrogens (tertiary/aromatic N) is 5. The molecule has 21 nitrogen and oxygen atoms in total. The molecular formula is C19H27N5O16TmZn+. The smallest absolute Gasteiger partial charge is 0.870 e. The summed E-state index contributed by atoms with van der Waals surface area (Å²) in [5.74, 6) is 0.265. The summed E-state index contributed by atoms with van der Waals surface area (Å²) in [6, 6.07) is 10.1. The third-order valence-electron chi connectivity index (χ3n) is 3.49. The summed E-state index contributed by atoms with van der Waals surface area (Å²) in [5.41, 5.74) is 0.991. The number of para-hydroxylation sites is 2. The fraction of sp³-hybridized carbons (Fsp3) is 0.263. The molecule has 0 bridgehead atoms. The van der Waals surface area contributed by atoms with Gasteiger partial charge in [0, 0.05) is 25.5 Å². The Morgan fingerprint density at radius 3 is 1.19 bits per heavy atom. The van der Waals surface area contributed by atoms with E-state index in [2.05, 4.69) is 9.98 Å². The molecule has 0 heterocycles. The molecule has 2 rings (SSSR count). The monoisotopic (exact) mass is 814 g/mol.